The van der Waals surface area contributed by atoms with Crippen molar-refractivity contribution in [3.63, 3.8) is 0 Å². The number of amides is 1. The number of hydrogen-bond donors (Lipinski definition) is 3. The number of carbonyl (C=O) groups excluding carboxylic acids is 1. The summed E-state index contributed by atoms with van der Waals surface area (Å²) in [5.41, 5.74) is 3.59. The lowest BCUT2D eigenvalue weighted by molar-refractivity contribution is -0.384. The zero-order chi connectivity index (χ0) is 42.2. The van der Waals surface area contributed by atoms with Gasteiger partial charge in [0.15, 0.2) is 0 Å². The fourth-order valence-corrected chi connectivity index (χ4v) is 10.3. The van der Waals surface area contributed by atoms with Gasteiger partial charge in [-0.2, -0.15) is 0 Å². The molecule has 5 aromatic rings. The summed E-state index contributed by atoms with van der Waals surface area (Å²) in [5.74, 6) is -0.808. The van der Waals surface area contributed by atoms with Crippen molar-refractivity contribution in [3.8, 4) is 11.1 Å². The van der Waals surface area contributed by atoms with Crippen LogP contribution in [-0.4, -0.2) is 80.1 Å². The van der Waals surface area contributed by atoms with E-state index in [1.807, 2.05) is 73.7 Å². The minimum absolute atomic E-state index is 0.0470. The summed E-state index contributed by atoms with van der Waals surface area (Å²) in [6.45, 7) is 6.13. The Morgan fingerprint density at radius 2 is 1.58 bits per heavy atom. The number of morpholine rings is 1. The number of nitro groups is 1. The topological polar surface area (TPSA) is 154 Å². The number of nitrogens with one attached hydrogen (secondary N) is 2. The molecule has 0 bridgehead atoms. The predicted molar refractivity (Wildman–Crippen MR) is 237 cm³/mol. The summed E-state index contributed by atoms with van der Waals surface area (Å²) in [7, 11) is -4.46. The number of halogens is 1. The third-order valence-electron chi connectivity index (χ3n) is 11.0. The number of rotatable bonds is 15. The van der Waals surface area contributed by atoms with Gasteiger partial charge >= 0.3 is 0 Å². The van der Waals surface area contributed by atoms with Crippen LogP contribution in [0.3, 0.4) is 0 Å². The highest BCUT2D eigenvalue weighted by Crippen LogP contribution is 2.38. The van der Waals surface area contributed by atoms with Gasteiger partial charge in [0, 0.05) is 59.5 Å². The van der Waals surface area contributed by atoms with E-state index >= 15 is 0 Å². The molecule has 2 heterocycles. The molecule has 2 unspecified atom stereocenters. The number of thioether (sulfide) groups is 1. The molecule has 60 heavy (non-hydrogen) atoms. The van der Waals surface area contributed by atoms with Crippen LogP contribution >= 0.6 is 23.4 Å². The van der Waals surface area contributed by atoms with Gasteiger partial charge in [-0.25, -0.2) is 13.1 Å². The molecule has 15 heteroatoms. The number of nitro benzene ring substituents is 1. The van der Waals surface area contributed by atoms with Crippen molar-refractivity contribution in [1.29, 1.82) is 0 Å². The van der Waals surface area contributed by atoms with Crippen molar-refractivity contribution >= 4 is 56.4 Å². The van der Waals surface area contributed by atoms with E-state index in [9.17, 15) is 28.4 Å². The molecule has 2 aliphatic rings. The van der Waals surface area contributed by atoms with Crippen LogP contribution in [0, 0.1) is 16.0 Å². The van der Waals surface area contributed by atoms with E-state index in [1.165, 1.54) is 12.1 Å². The number of aliphatic hydroxyl groups is 1. The molecule has 2 aliphatic heterocycles. The smallest absolute Gasteiger partial charge is 0.293 e. The normalized spacial score (nSPS) is 16.8. The Morgan fingerprint density at radius 1 is 0.917 bits per heavy atom. The van der Waals surface area contributed by atoms with Crippen molar-refractivity contribution in [2.75, 3.05) is 49.6 Å². The number of hydrogen-bond acceptors (Lipinski definition) is 11. The fraction of sp³-hybridized carbons (Fsp3) is 0.311. The predicted octanol–water partition coefficient (Wildman–Crippen LogP) is 8.63. The van der Waals surface area contributed by atoms with E-state index in [-0.39, 0.29) is 28.6 Å². The Bertz CT molecular complexity index is 2360. The minimum Gasteiger partial charge on any atom is -0.388 e. The molecule has 0 aliphatic carbocycles. The van der Waals surface area contributed by atoms with Gasteiger partial charge in [0.1, 0.15) is 5.69 Å². The van der Waals surface area contributed by atoms with Gasteiger partial charge in [-0.15, -0.1) is 11.8 Å². The molecular formula is C45H48ClN5O7S2. The number of nitrogens with zero attached hydrogens (tertiary/aromatic N) is 3. The average Bonchev–Trinajstić information content (AvgIpc) is 3.27. The maximum atomic E-state index is 13.4. The zero-order valence-corrected chi connectivity index (χ0v) is 35.5. The summed E-state index contributed by atoms with van der Waals surface area (Å²) in [4.78, 5) is 30.1. The maximum absolute atomic E-state index is 13.4. The molecule has 0 spiro atoms. The van der Waals surface area contributed by atoms with Gasteiger partial charge in [0.25, 0.3) is 21.6 Å². The summed E-state index contributed by atoms with van der Waals surface area (Å²) in [6.07, 6.45) is 1.50. The van der Waals surface area contributed by atoms with E-state index in [4.69, 9.17) is 16.3 Å². The summed E-state index contributed by atoms with van der Waals surface area (Å²) >= 11 is 7.83. The number of piperidine rings is 1. The second kappa shape index (κ2) is 19.6. The van der Waals surface area contributed by atoms with Crippen molar-refractivity contribution in [2.24, 2.45) is 5.92 Å². The van der Waals surface area contributed by atoms with Gasteiger partial charge in [0.05, 0.1) is 34.5 Å². The van der Waals surface area contributed by atoms with Gasteiger partial charge in [-0.05, 0) is 109 Å². The fourth-order valence-electron chi connectivity index (χ4n) is 7.81. The third-order valence-corrected chi connectivity index (χ3v) is 13.9. The van der Waals surface area contributed by atoms with Crippen LogP contribution in [0.25, 0.3) is 11.1 Å². The number of aliphatic hydroxyl groups excluding tert-OH is 1. The molecule has 12 nitrogen and oxygen atoms in total. The van der Waals surface area contributed by atoms with Crippen molar-refractivity contribution in [2.45, 2.75) is 53.5 Å². The molecular weight excluding hydrogens is 822 g/mol. The van der Waals surface area contributed by atoms with E-state index in [1.54, 1.807) is 36.0 Å². The van der Waals surface area contributed by atoms with Crippen LogP contribution in [0.15, 0.2) is 131 Å². The summed E-state index contributed by atoms with van der Waals surface area (Å²) in [5, 5.41) is 27.7. The molecule has 5 aromatic carbocycles. The van der Waals surface area contributed by atoms with Crippen molar-refractivity contribution in [3.05, 3.63) is 148 Å². The van der Waals surface area contributed by atoms with E-state index in [0.717, 1.165) is 59.3 Å². The first-order valence-electron chi connectivity index (χ1n) is 20.0. The van der Waals surface area contributed by atoms with Crippen LogP contribution in [-0.2, 0) is 14.8 Å². The third kappa shape index (κ3) is 10.7. The van der Waals surface area contributed by atoms with Gasteiger partial charge < -0.3 is 20.1 Å². The van der Waals surface area contributed by atoms with E-state index in [0.29, 0.717) is 37.7 Å². The van der Waals surface area contributed by atoms with Crippen LogP contribution in [0.5, 0.6) is 0 Å². The molecule has 0 aromatic heterocycles. The van der Waals surface area contributed by atoms with Gasteiger partial charge in [-0.1, -0.05) is 66.2 Å². The Balaban J connectivity index is 0.956. The summed E-state index contributed by atoms with van der Waals surface area (Å²) < 4.78 is 34.5. The van der Waals surface area contributed by atoms with Crippen LogP contribution < -0.4 is 14.9 Å². The second-order valence-electron chi connectivity index (χ2n) is 15.1. The number of anilines is 2. The second-order valence-corrected chi connectivity index (χ2v) is 18.5. The Hall–Kier alpha value is -4.96. The molecule has 2 fully saturated rings. The van der Waals surface area contributed by atoms with E-state index in [2.05, 4.69) is 32.0 Å². The quantitative estimate of drug-likeness (QED) is 0.0527. The average molecular weight is 870 g/mol. The van der Waals surface area contributed by atoms with Crippen LogP contribution in [0.2, 0.25) is 5.02 Å². The number of carbonyl (C=O) groups is 1. The Labute approximate surface area is 360 Å². The van der Waals surface area contributed by atoms with Crippen LogP contribution in [0.4, 0.5) is 17.1 Å². The van der Waals surface area contributed by atoms with Crippen LogP contribution in [0.1, 0.15) is 48.2 Å². The molecule has 3 atom stereocenters. The highest BCUT2D eigenvalue weighted by molar-refractivity contribution is 7.99. The maximum Gasteiger partial charge on any atom is 0.293 e. The van der Waals surface area contributed by atoms with Gasteiger partial charge in [0.2, 0.25) is 0 Å². The molecule has 1 amide bonds. The number of ether oxygens (including phenoxy) is 1. The molecule has 3 N–H and O–H groups in total. The molecule has 0 radical (unpaired) electrons. The van der Waals surface area contributed by atoms with Crippen molar-refractivity contribution < 1.29 is 28.0 Å². The minimum atomic E-state index is -4.46. The Kier molecular flexibility index (Phi) is 14.1. The highest BCUT2D eigenvalue weighted by Gasteiger charge is 2.30. The monoisotopic (exact) mass is 869 g/mol. The molecule has 7 rings (SSSR count). The number of sulfonamides is 1. The van der Waals surface area contributed by atoms with E-state index < -0.39 is 37.5 Å². The first-order chi connectivity index (χ1) is 28.9. The SMILES string of the molecule is CC(C[C@@H](Sc1ccccc1)N1CCOCC1)Nc1ccc(S(=O)(=O)NC(=O)c2ccc(N3CCC(C(O)c4ccccc4-c4ccc(Cl)cc4)CC3)cc2)cc1[N+](=O)[O-]. The molecule has 2 saturated heterocycles. The largest absolute Gasteiger partial charge is 0.388 e. The Morgan fingerprint density at radius 3 is 2.27 bits per heavy atom. The lowest BCUT2D eigenvalue weighted by Gasteiger charge is -2.36. The van der Waals surface area contributed by atoms with Gasteiger partial charge in [-0.3, -0.25) is 19.8 Å². The summed E-state index contributed by atoms with van der Waals surface area (Å²) in [6, 6.07) is 35.6. The first-order valence-corrected chi connectivity index (χ1v) is 22.7. The standard InChI is InChI=1S/C45H48ClN5O7S2/c1-31(29-43(50-25-27-58-28-26-50)59-37-7-3-2-4-8-37)47-41-20-19-38(30-42(41)51(54)55)60(56,57)48-45(53)34-13-17-36(18-14-34)49-23-21-33(22-24-49)44(52)40-10-6-5-9-39(40)32-11-15-35(46)16-12-32/h2-20,30-31,33,43-44,47,52H,21-29H2,1H3,(H,48,53)/t31?,43-,44?/m1/s1. The first kappa shape index (κ1) is 43.1. The zero-order valence-electron chi connectivity index (χ0n) is 33.2. The molecule has 0 saturated carbocycles. The lowest BCUT2D eigenvalue weighted by atomic mass is 9.84. The number of benzene rings is 5. The lowest BCUT2D eigenvalue weighted by Crippen LogP contribution is -2.43. The highest BCUT2D eigenvalue weighted by atomic mass is 35.5. The van der Waals surface area contributed by atoms with Crippen molar-refractivity contribution in [1.82, 2.24) is 9.62 Å². The molecule has 314 valence electrons.